The van der Waals surface area contributed by atoms with Crippen molar-refractivity contribution in [3.05, 3.63) is 12.8 Å². The Morgan fingerprint density at radius 1 is 1.44 bits per heavy atom. The third-order valence-electron chi connectivity index (χ3n) is 1.29. The highest BCUT2D eigenvalue weighted by Crippen LogP contribution is 1.97. The van der Waals surface area contributed by atoms with Gasteiger partial charge >= 0.3 is 0 Å². The van der Waals surface area contributed by atoms with Crippen LogP contribution < -0.4 is 12.4 Å². The zero-order chi connectivity index (χ0) is 6.62. The molecule has 0 aromatic rings. The fourth-order valence-electron chi connectivity index (χ4n) is 0.668. The van der Waals surface area contributed by atoms with Gasteiger partial charge in [-0.2, -0.15) is 0 Å². The Kier molecular flexibility index (Phi) is 6.30. The second-order valence-corrected chi connectivity index (χ2v) is 2.68. The third kappa shape index (κ3) is 5.87. The van der Waals surface area contributed by atoms with Crippen LogP contribution in [0.2, 0.25) is 0 Å². The minimum Gasteiger partial charge on any atom is -1.00 e. The average molecular weight is 150 g/mol. The van der Waals surface area contributed by atoms with Crippen LogP contribution in [0.4, 0.5) is 0 Å². The predicted octanol–water partition coefficient (Wildman–Crippen LogP) is -1.38. The van der Waals surface area contributed by atoms with Crippen molar-refractivity contribution in [2.24, 2.45) is 0 Å². The summed E-state index contributed by atoms with van der Waals surface area (Å²) in [6.45, 7) is 7.09. The second-order valence-electron chi connectivity index (χ2n) is 2.68. The Morgan fingerprint density at radius 3 is 2.00 bits per heavy atom. The van der Waals surface area contributed by atoms with Gasteiger partial charge in [0.05, 0.1) is 26.8 Å². The standard InChI is InChI=1S/C7H16N.ClH/c1-5-7-8(3,4)6-2;/h6H,2,5,7H2,1,3-4H3;1H/q+1;/p-1. The van der Waals surface area contributed by atoms with Crippen LogP contribution in [0.25, 0.3) is 0 Å². The fraction of sp³-hybridized carbons (Fsp3) is 0.714. The SMILES string of the molecule is C=C[N+](C)(C)CCC.[Cl-]. The fourth-order valence-corrected chi connectivity index (χ4v) is 0.668. The Morgan fingerprint density at radius 2 is 1.89 bits per heavy atom. The molecule has 0 aliphatic heterocycles. The van der Waals surface area contributed by atoms with E-state index in [0.29, 0.717) is 0 Å². The van der Waals surface area contributed by atoms with E-state index >= 15 is 0 Å². The highest BCUT2D eigenvalue weighted by molar-refractivity contribution is 4.49. The summed E-state index contributed by atoms with van der Waals surface area (Å²) >= 11 is 0. The summed E-state index contributed by atoms with van der Waals surface area (Å²) in [6, 6.07) is 0. The van der Waals surface area contributed by atoms with E-state index in [4.69, 9.17) is 0 Å². The summed E-state index contributed by atoms with van der Waals surface area (Å²) in [6.07, 6.45) is 3.18. The van der Waals surface area contributed by atoms with E-state index < -0.39 is 0 Å². The van der Waals surface area contributed by atoms with Crippen LogP contribution in [0.5, 0.6) is 0 Å². The van der Waals surface area contributed by atoms with E-state index in [2.05, 4.69) is 27.6 Å². The number of halogens is 1. The molecule has 0 saturated heterocycles. The van der Waals surface area contributed by atoms with Gasteiger partial charge in [-0.1, -0.05) is 6.92 Å². The van der Waals surface area contributed by atoms with Gasteiger partial charge in [0, 0.05) is 0 Å². The lowest BCUT2D eigenvalue weighted by molar-refractivity contribution is -0.838. The van der Waals surface area contributed by atoms with Crippen molar-refractivity contribution in [2.75, 3.05) is 20.6 Å². The minimum atomic E-state index is 0. The molecule has 0 atom stereocenters. The molecule has 0 spiro atoms. The van der Waals surface area contributed by atoms with Gasteiger partial charge in [-0.3, -0.25) is 0 Å². The van der Waals surface area contributed by atoms with Gasteiger partial charge in [0.2, 0.25) is 0 Å². The zero-order valence-electron chi connectivity index (χ0n) is 6.52. The number of rotatable bonds is 3. The number of quaternary nitrogens is 1. The number of nitrogens with zero attached hydrogens (tertiary/aromatic N) is 1. The Hall–Kier alpha value is -0.0100. The van der Waals surface area contributed by atoms with Gasteiger partial charge in [0.25, 0.3) is 0 Å². The lowest BCUT2D eigenvalue weighted by Crippen LogP contribution is -3.00. The lowest BCUT2D eigenvalue weighted by Gasteiger charge is -2.23. The molecule has 0 unspecified atom stereocenters. The molecule has 2 heteroatoms. The maximum Gasteiger partial charge on any atom is 0.0881 e. The van der Waals surface area contributed by atoms with Crippen molar-refractivity contribution in [2.45, 2.75) is 13.3 Å². The Balaban J connectivity index is 0. The first-order valence-corrected chi connectivity index (χ1v) is 3.08. The molecule has 0 fully saturated rings. The minimum absolute atomic E-state index is 0. The highest BCUT2D eigenvalue weighted by atomic mass is 35.5. The summed E-state index contributed by atoms with van der Waals surface area (Å²) in [5.74, 6) is 0. The van der Waals surface area contributed by atoms with E-state index in [1.807, 2.05) is 6.20 Å². The molecule has 9 heavy (non-hydrogen) atoms. The molecule has 0 bridgehead atoms. The molecule has 0 saturated carbocycles. The monoisotopic (exact) mass is 149 g/mol. The maximum atomic E-state index is 3.72. The summed E-state index contributed by atoms with van der Waals surface area (Å²) in [4.78, 5) is 0. The van der Waals surface area contributed by atoms with Crippen molar-refractivity contribution in [3.8, 4) is 0 Å². The van der Waals surface area contributed by atoms with Crippen molar-refractivity contribution in [3.63, 3.8) is 0 Å². The Labute approximate surface area is 64.4 Å². The van der Waals surface area contributed by atoms with Gasteiger partial charge in [-0.05, 0) is 13.0 Å². The summed E-state index contributed by atoms with van der Waals surface area (Å²) in [5.41, 5.74) is 0. The van der Waals surface area contributed by atoms with Gasteiger partial charge < -0.3 is 16.9 Å². The molecule has 0 aliphatic carbocycles. The molecule has 0 radical (unpaired) electrons. The van der Waals surface area contributed by atoms with Gasteiger partial charge in [-0.15, -0.1) is 0 Å². The summed E-state index contributed by atoms with van der Waals surface area (Å²) in [5, 5.41) is 0. The lowest BCUT2D eigenvalue weighted by atomic mass is 10.4. The smallest absolute Gasteiger partial charge is 0.0881 e. The van der Waals surface area contributed by atoms with Gasteiger partial charge in [-0.25, -0.2) is 0 Å². The van der Waals surface area contributed by atoms with Gasteiger partial charge in [0.1, 0.15) is 0 Å². The molecule has 1 nitrogen and oxygen atoms in total. The van der Waals surface area contributed by atoms with Crippen molar-refractivity contribution in [1.82, 2.24) is 0 Å². The summed E-state index contributed by atoms with van der Waals surface area (Å²) < 4.78 is 0.927. The normalized spacial score (nSPS) is 10.1. The molecule has 0 aromatic heterocycles. The second kappa shape index (κ2) is 4.83. The van der Waals surface area contributed by atoms with E-state index in [1.165, 1.54) is 13.0 Å². The van der Waals surface area contributed by atoms with Crippen LogP contribution in [0, 0.1) is 0 Å². The molecule has 0 N–H and O–H groups in total. The Bertz CT molecular complexity index is 79.0. The number of hydrogen-bond donors (Lipinski definition) is 0. The third-order valence-corrected chi connectivity index (χ3v) is 1.29. The number of hydrogen-bond acceptors (Lipinski definition) is 0. The molecule has 56 valence electrons. The average Bonchev–Trinajstić information content (AvgIpc) is 1.67. The first kappa shape index (κ1) is 11.7. The first-order valence-electron chi connectivity index (χ1n) is 3.08. The van der Waals surface area contributed by atoms with Crippen molar-refractivity contribution < 1.29 is 16.9 Å². The molecule has 0 heterocycles. The van der Waals surface area contributed by atoms with E-state index in [9.17, 15) is 0 Å². The molecule has 0 aliphatic rings. The van der Waals surface area contributed by atoms with Crippen LogP contribution >= 0.6 is 0 Å². The molecular formula is C7H16ClN. The van der Waals surface area contributed by atoms with Gasteiger partial charge in [0.15, 0.2) is 0 Å². The van der Waals surface area contributed by atoms with Crippen LogP contribution in [0.3, 0.4) is 0 Å². The molecule has 0 rings (SSSR count). The van der Waals surface area contributed by atoms with E-state index in [0.717, 1.165) is 4.48 Å². The van der Waals surface area contributed by atoms with E-state index in [-0.39, 0.29) is 12.4 Å². The van der Waals surface area contributed by atoms with Crippen LogP contribution in [-0.2, 0) is 0 Å². The topological polar surface area (TPSA) is 0 Å². The predicted molar refractivity (Wildman–Crippen MR) is 37.5 cm³/mol. The highest BCUT2D eigenvalue weighted by Gasteiger charge is 2.05. The molecule has 0 amide bonds. The zero-order valence-corrected chi connectivity index (χ0v) is 7.28. The van der Waals surface area contributed by atoms with Crippen molar-refractivity contribution in [1.29, 1.82) is 0 Å². The van der Waals surface area contributed by atoms with E-state index in [1.54, 1.807) is 0 Å². The maximum absolute atomic E-state index is 3.72. The first-order chi connectivity index (χ1) is 3.62. The largest absolute Gasteiger partial charge is 1.00 e. The van der Waals surface area contributed by atoms with Crippen LogP contribution in [-0.4, -0.2) is 25.1 Å². The summed E-state index contributed by atoms with van der Waals surface area (Å²) in [7, 11) is 4.30. The molecule has 0 aromatic carbocycles. The van der Waals surface area contributed by atoms with Crippen LogP contribution in [0.15, 0.2) is 12.8 Å². The van der Waals surface area contributed by atoms with Crippen LogP contribution in [0.1, 0.15) is 13.3 Å². The molecular weight excluding hydrogens is 134 g/mol. The van der Waals surface area contributed by atoms with Crippen molar-refractivity contribution >= 4 is 0 Å². The quantitative estimate of drug-likeness (QED) is 0.434.